The molecule has 1 atom stereocenters. The van der Waals surface area contributed by atoms with E-state index in [2.05, 4.69) is 24.1 Å². The van der Waals surface area contributed by atoms with Crippen LogP contribution in [0.1, 0.15) is 19.4 Å². The molecule has 0 aliphatic carbocycles. The van der Waals surface area contributed by atoms with Gasteiger partial charge in [0, 0.05) is 5.69 Å². The van der Waals surface area contributed by atoms with Gasteiger partial charge in [-0.25, -0.2) is 0 Å². The second-order valence-corrected chi connectivity index (χ2v) is 4.30. The smallest absolute Gasteiger partial charge is 0.242 e. The lowest BCUT2D eigenvalue weighted by atomic mass is 9.97. The highest BCUT2D eigenvalue weighted by Gasteiger charge is 2.29. The van der Waals surface area contributed by atoms with Crippen molar-refractivity contribution < 1.29 is 4.79 Å². The third kappa shape index (κ3) is 2.26. The fourth-order valence-corrected chi connectivity index (χ4v) is 2.35. The number of anilines is 1. The molecule has 1 aliphatic heterocycles. The monoisotopic (exact) mass is 232 g/mol. The van der Waals surface area contributed by atoms with Crippen molar-refractivity contribution in [2.24, 2.45) is 0 Å². The number of benzene rings is 1. The van der Waals surface area contributed by atoms with Crippen LogP contribution in [0.3, 0.4) is 0 Å². The Balaban J connectivity index is 2.26. The number of carbonyl (C=O) groups excluding carboxylic acids is 1. The molecule has 1 radical (unpaired) electrons. The number of amides is 1. The number of nitrogens with one attached hydrogen (secondary N) is 2. The van der Waals surface area contributed by atoms with Crippen molar-refractivity contribution in [2.45, 2.75) is 26.3 Å². The van der Waals surface area contributed by atoms with Crippen LogP contribution in [0.5, 0.6) is 0 Å². The van der Waals surface area contributed by atoms with Crippen molar-refractivity contribution in [2.75, 3.05) is 18.4 Å². The van der Waals surface area contributed by atoms with Gasteiger partial charge in [0.05, 0.1) is 11.7 Å². The first-order chi connectivity index (χ1) is 8.15. The Morgan fingerprint density at radius 3 is 2.76 bits per heavy atom. The molecule has 4 nitrogen and oxygen atoms in total. The molecule has 0 fully saturated rings. The Kier molecular flexibility index (Phi) is 3.33. The van der Waals surface area contributed by atoms with Crippen molar-refractivity contribution >= 4 is 17.3 Å². The number of hydrogen-bond acceptors (Lipinski definition) is 2. The number of fused-ring (bicyclic) bond motifs is 1. The van der Waals surface area contributed by atoms with Crippen molar-refractivity contribution in [1.82, 2.24) is 10.6 Å². The van der Waals surface area contributed by atoms with Gasteiger partial charge in [-0.15, -0.1) is 0 Å². The molecule has 0 saturated carbocycles. The van der Waals surface area contributed by atoms with E-state index in [0.717, 1.165) is 30.8 Å². The van der Waals surface area contributed by atoms with E-state index in [1.807, 2.05) is 6.07 Å². The third-order valence-corrected chi connectivity index (χ3v) is 3.34. The Bertz CT molecular complexity index is 427. The molecule has 1 heterocycles. The predicted octanol–water partition coefficient (Wildman–Crippen LogP) is 1.81. The Labute approximate surface area is 102 Å². The van der Waals surface area contributed by atoms with Crippen LogP contribution in [-0.2, 0) is 11.2 Å². The van der Waals surface area contributed by atoms with E-state index in [1.54, 1.807) is 12.1 Å². The summed E-state index contributed by atoms with van der Waals surface area (Å²) in [6.07, 6.45) is 0.739. The van der Waals surface area contributed by atoms with Crippen molar-refractivity contribution in [3.8, 4) is 0 Å². The van der Waals surface area contributed by atoms with Crippen LogP contribution >= 0.6 is 0 Å². The molecule has 1 aromatic carbocycles. The van der Waals surface area contributed by atoms with Crippen LogP contribution in [0.15, 0.2) is 18.2 Å². The molecule has 2 rings (SSSR count). The van der Waals surface area contributed by atoms with Crippen LogP contribution < -0.4 is 11.1 Å². The van der Waals surface area contributed by atoms with E-state index in [4.69, 9.17) is 5.73 Å². The molecule has 1 unspecified atom stereocenters. The van der Waals surface area contributed by atoms with Crippen LogP contribution in [-0.4, -0.2) is 29.9 Å². The lowest BCUT2D eigenvalue weighted by molar-refractivity contribution is -0.121. The Morgan fingerprint density at radius 2 is 2.12 bits per heavy atom. The summed E-state index contributed by atoms with van der Waals surface area (Å²) in [6.45, 7) is 5.89. The van der Waals surface area contributed by atoms with E-state index >= 15 is 0 Å². The summed E-state index contributed by atoms with van der Waals surface area (Å²) in [6, 6.07) is 5.35. The van der Waals surface area contributed by atoms with Crippen LogP contribution in [0.2, 0.25) is 0 Å². The van der Waals surface area contributed by atoms with Crippen LogP contribution in [0, 0.1) is 0 Å². The van der Waals surface area contributed by atoms with Gasteiger partial charge in [-0.05, 0) is 37.2 Å². The fraction of sp³-hybridized carbons (Fsp3) is 0.462. The van der Waals surface area contributed by atoms with Crippen LogP contribution in [0.4, 0.5) is 11.4 Å². The zero-order valence-corrected chi connectivity index (χ0v) is 10.3. The highest BCUT2D eigenvalue weighted by molar-refractivity contribution is 5.98. The van der Waals surface area contributed by atoms with E-state index in [9.17, 15) is 4.79 Å². The molecule has 4 heteroatoms. The maximum Gasteiger partial charge on any atom is 0.242 e. The van der Waals surface area contributed by atoms with Gasteiger partial charge in [0.1, 0.15) is 0 Å². The van der Waals surface area contributed by atoms with Gasteiger partial charge in [-0.3, -0.25) is 9.69 Å². The normalized spacial score (nSPS) is 19.0. The van der Waals surface area contributed by atoms with Gasteiger partial charge in [0.2, 0.25) is 5.91 Å². The van der Waals surface area contributed by atoms with Gasteiger partial charge < -0.3 is 11.1 Å². The van der Waals surface area contributed by atoms with Crippen LogP contribution in [0.25, 0.3) is 0 Å². The molecule has 1 aliphatic rings. The molecule has 0 spiro atoms. The van der Waals surface area contributed by atoms with E-state index in [1.165, 1.54) is 0 Å². The van der Waals surface area contributed by atoms with Crippen molar-refractivity contribution in [1.29, 1.82) is 0 Å². The lowest BCUT2D eigenvalue weighted by Crippen LogP contribution is -2.47. The van der Waals surface area contributed by atoms with E-state index in [-0.39, 0.29) is 11.9 Å². The van der Waals surface area contributed by atoms with E-state index < -0.39 is 0 Å². The Hall–Kier alpha value is -1.55. The lowest BCUT2D eigenvalue weighted by Gasteiger charge is -2.32. The molecule has 1 aromatic rings. The minimum Gasteiger partial charge on any atom is -0.324 e. The van der Waals surface area contributed by atoms with Gasteiger partial charge in [0.15, 0.2) is 0 Å². The highest BCUT2D eigenvalue weighted by atomic mass is 16.2. The zero-order valence-electron chi connectivity index (χ0n) is 10.3. The molecule has 1 amide bonds. The molecule has 17 heavy (non-hydrogen) atoms. The second-order valence-electron chi connectivity index (χ2n) is 4.30. The summed E-state index contributed by atoms with van der Waals surface area (Å²) in [5.41, 5.74) is 9.90. The fourth-order valence-electron chi connectivity index (χ4n) is 2.35. The third-order valence-electron chi connectivity index (χ3n) is 3.34. The first-order valence-electron chi connectivity index (χ1n) is 6.05. The van der Waals surface area contributed by atoms with Crippen molar-refractivity contribution in [3.63, 3.8) is 0 Å². The predicted molar refractivity (Wildman–Crippen MR) is 68.2 cm³/mol. The molecule has 2 N–H and O–H groups in total. The standard InChI is InChI=1S/C13H18N3O/c1-3-16(4-2)12-7-9-5-6-10(14)8-11(9)15-13(12)17/h5-6,8,12,14H,3-4,7H2,1-2H3,(H,15,17). The summed E-state index contributed by atoms with van der Waals surface area (Å²) in [5, 5.41) is 2.90. The Morgan fingerprint density at radius 1 is 1.41 bits per heavy atom. The molecule has 0 aromatic heterocycles. The number of carbonyl (C=O) groups is 1. The molecule has 0 saturated heterocycles. The summed E-state index contributed by atoms with van der Waals surface area (Å²) < 4.78 is 0. The summed E-state index contributed by atoms with van der Waals surface area (Å²) in [7, 11) is 0. The van der Waals surface area contributed by atoms with Gasteiger partial charge in [-0.2, -0.15) is 0 Å². The largest absolute Gasteiger partial charge is 0.324 e. The minimum atomic E-state index is -0.0749. The minimum absolute atomic E-state index is 0.0480. The first kappa shape index (κ1) is 11.9. The van der Waals surface area contributed by atoms with Crippen molar-refractivity contribution in [3.05, 3.63) is 23.8 Å². The second kappa shape index (κ2) is 4.75. The molecular formula is C13H18N3O. The number of rotatable bonds is 3. The SMILES string of the molecule is CCN(CC)C1Cc2ccc([NH])cc2NC1=O. The highest BCUT2D eigenvalue weighted by Crippen LogP contribution is 2.27. The van der Waals surface area contributed by atoms with Gasteiger partial charge in [-0.1, -0.05) is 19.9 Å². The van der Waals surface area contributed by atoms with Gasteiger partial charge in [0.25, 0.3) is 0 Å². The average molecular weight is 232 g/mol. The number of hydrogen-bond donors (Lipinski definition) is 1. The molecule has 91 valence electrons. The maximum atomic E-state index is 12.0. The number of nitrogens with zero attached hydrogens (tertiary/aromatic N) is 1. The summed E-state index contributed by atoms with van der Waals surface area (Å²) in [4.78, 5) is 14.2. The van der Waals surface area contributed by atoms with Gasteiger partial charge >= 0.3 is 0 Å². The maximum absolute atomic E-state index is 12.0. The summed E-state index contributed by atoms with van der Waals surface area (Å²) >= 11 is 0. The zero-order chi connectivity index (χ0) is 12.4. The topological polar surface area (TPSA) is 56.1 Å². The summed E-state index contributed by atoms with van der Waals surface area (Å²) in [5.74, 6) is 0.0480. The molecular weight excluding hydrogens is 214 g/mol. The van der Waals surface area contributed by atoms with E-state index in [0.29, 0.717) is 5.69 Å². The average Bonchev–Trinajstić information content (AvgIpc) is 2.31. The number of likely N-dealkylation sites (N-methyl/N-ethyl adjacent to an activating group) is 1. The first-order valence-corrected chi connectivity index (χ1v) is 6.05. The quantitative estimate of drug-likeness (QED) is 0.864. The molecule has 0 bridgehead atoms.